The maximum absolute atomic E-state index is 5.57. The average molecular weight is 154 g/mol. The van der Waals surface area contributed by atoms with Gasteiger partial charge in [-0.15, -0.1) is 0 Å². The predicted octanol–water partition coefficient (Wildman–Crippen LogP) is 0.986. The van der Waals surface area contributed by atoms with Gasteiger partial charge < -0.3 is 5.73 Å². The van der Waals surface area contributed by atoms with Gasteiger partial charge in [-0.25, -0.2) is 0 Å². The highest BCUT2D eigenvalue weighted by Gasteiger charge is 2.13. The summed E-state index contributed by atoms with van der Waals surface area (Å²) in [6.45, 7) is 7.47. The lowest BCUT2D eigenvalue weighted by atomic mass is 10.1. The largest absolute Gasteiger partial charge is 0.327 e. The molecular weight excluding hydrogens is 136 g/mol. The molecule has 11 heavy (non-hydrogen) atoms. The molecule has 0 radical (unpaired) electrons. The van der Waals surface area contributed by atoms with Crippen molar-refractivity contribution in [3.05, 3.63) is 11.6 Å². The summed E-state index contributed by atoms with van der Waals surface area (Å²) in [5.41, 5.74) is 6.96. The lowest BCUT2D eigenvalue weighted by Gasteiger charge is -2.30. The standard InChI is InChI=1S/C9H18N2/c1-8(2)11-5-3-4-9(6-10)7-11/h4,8H,3,5-7,10H2,1-2H3. The van der Waals surface area contributed by atoms with E-state index in [0.29, 0.717) is 6.04 Å². The van der Waals surface area contributed by atoms with E-state index in [2.05, 4.69) is 24.8 Å². The number of rotatable bonds is 2. The monoisotopic (exact) mass is 154 g/mol. The lowest BCUT2D eigenvalue weighted by Crippen LogP contribution is -2.37. The van der Waals surface area contributed by atoms with Crippen molar-refractivity contribution >= 4 is 0 Å². The first-order valence-corrected chi connectivity index (χ1v) is 4.36. The number of hydrogen-bond acceptors (Lipinski definition) is 2. The Labute approximate surface area is 69.1 Å². The van der Waals surface area contributed by atoms with Crippen molar-refractivity contribution in [2.45, 2.75) is 26.3 Å². The van der Waals surface area contributed by atoms with Crippen LogP contribution in [0.5, 0.6) is 0 Å². The molecule has 2 nitrogen and oxygen atoms in total. The summed E-state index contributed by atoms with van der Waals surface area (Å²) in [6, 6.07) is 0.658. The van der Waals surface area contributed by atoms with Crippen LogP contribution >= 0.6 is 0 Å². The molecular formula is C9H18N2. The van der Waals surface area contributed by atoms with Crippen molar-refractivity contribution in [3.8, 4) is 0 Å². The third kappa shape index (κ3) is 2.31. The molecule has 1 heterocycles. The molecule has 0 bridgehead atoms. The van der Waals surface area contributed by atoms with E-state index in [-0.39, 0.29) is 0 Å². The van der Waals surface area contributed by atoms with Crippen LogP contribution < -0.4 is 5.73 Å². The van der Waals surface area contributed by atoms with E-state index in [0.717, 1.165) is 13.1 Å². The Balaban J connectivity index is 2.46. The van der Waals surface area contributed by atoms with Crippen molar-refractivity contribution in [1.82, 2.24) is 4.90 Å². The average Bonchev–Trinajstić information content (AvgIpc) is 2.05. The van der Waals surface area contributed by atoms with Crippen LogP contribution in [0.2, 0.25) is 0 Å². The first-order valence-electron chi connectivity index (χ1n) is 4.36. The normalized spacial score (nSPS) is 20.5. The zero-order valence-corrected chi connectivity index (χ0v) is 7.51. The SMILES string of the molecule is CC(C)N1CCC=C(CN)C1. The molecule has 0 aromatic rings. The highest BCUT2D eigenvalue weighted by molar-refractivity contribution is 5.09. The Hall–Kier alpha value is -0.340. The molecule has 2 N–H and O–H groups in total. The minimum Gasteiger partial charge on any atom is -0.327 e. The van der Waals surface area contributed by atoms with Gasteiger partial charge >= 0.3 is 0 Å². The second kappa shape index (κ2) is 3.88. The van der Waals surface area contributed by atoms with Crippen molar-refractivity contribution < 1.29 is 0 Å². The van der Waals surface area contributed by atoms with Crippen LogP contribution in [0.1, 0.15) is 20.3 Å². The first-order chi connectivity index (χ1) is 5.24. The Bertz CT molecular complexity index is 150. The third-order valence-electron chi connectivity index (χ3n) is 2.25. The molecule has 0 unspecified atom stereocenters. The molecule has 2 heteroatoms. The van der Waals surface area contributed by atoms with Gasteiger partial charge in [-0.3, -0.25) is 4.90 Å². The van der Waals surface area contributed by atoms with E-state index >= 15 is 0 Å². The van der Waals surface area contributed by atoms with Gasteiger partial charge in [0, 0.05) is 25.7 Å². The third-order valence-corrected chi connectivity index (χ3v) is 2.25. The molecule has 0 saturated heterocycles. The molecule has 0 saturated carbocycles. The second-order valence-electron chi connectivity index (χ2n) is 3.42. The van der Waals surface area contributed by atoms with Crippen molar-refractivity contribution in [3.63, 3.8) is 0 Å². The Kier molecular flexibility index (Phi) is 3.09. The molecule has 0 amide bonds. The van der Waals surface area contributed by atoms with Crippen LogP contribution in [0.4, 0.5) is 0 Å². The van der Waals surface area contributed by atoms with E-state index in [1.54, 1.807) is 0 Å². The van der Waals surface area contributed by atoms with E-state index < -0.39 is 0 Å². The molecule has 64 valence electrons. The van der Waals surface area contributed by atoms with E-state index in [9.17, 15) is 0 Å². The number of hydrogen-bond donors (Lipinski definition) is 1. The first kappa shape index (κ1) is 8.75. The topological polar surface area (TPSA) is 29.3 Å². The van der Waals surface area contributed by atoms with Gasteiger partial charge in [-0.2, -0.15) is 0 Å². The van der Waals surface area contributed by atoms with Gasteiger partial charge in [0.25, 0.3) is 0 Å². The minimum absolute atomic E-state index is 0.658. The van der Waals surface area contributed by atoms with Gasteiger partial charge in [0.15, 0.2) is 0 Å². The Morgan fingerprint density at radius 3 is 2.91 bits per heavy atom. The molecule has 0 aromatic carbocycles. The summed E-state index contributed by atoms with van der Waals surface area (Å²) in [5.74, 6) is 0. The van der Waals surface area contributed by atoms with Crippen LogP contribution in [0.25, 0.3) is 0 Å². The zero-order chi connectivity index (χ0) is 8.27. The predicted molar refractivity (Wildman–Crippen MR) is 48.5 cm³/mol. The van der Waals surface area contributed by atoms with Gasteiger partial charge in [-0.05, 0) is 25.8 Å². The van der Waals surface area contributed by atoms with Crippen LogP contribution in [0, 0.1) is 0 Å². The van der Waals surface area contributed by atoms with Crippen molar-refractivity contribution in [2.24, 2.45) is 5.73 Å². The molecule has 1 aliphatic rings. The molecule has 1 aliphatic heterocycles. The summed E-state index contributed by atoms with van der Waals surface area (Å²) in [7, 11) is 0. The van der Waals surface area contributed by atoms with Gasteiger partial charge in [-0.1, -0.05) is 6.08 Å². The number of nitrogens with two attached hydrogens (primary N) is 1. The van der Waals surface area contributed by atoms with E-state index in [1.807, 2.05) is 0 Å². The van der Waals surface area contributed by atoms with Gasteiger partial charge in [0.1, 0.15) is 0 Å². The smallest absolute Gasteiger partial charge is 0.0208 e. The van der Waals surface area contributed by atoms with Crippen LogP contribution in [0.15, 0.2) is 11.6 Å². The summed E-state index contributed by atoms with van der Waals surface area (Å²) < 4.78 is 0. The van der Waals surface area contributed by atoms with Crippen LogP contribution in [-0.2, 0) is 0 Å². The van der Waals surface area contributed by atoms with Gasteiger partial charge in [0.2, 0.25) is 0 Å². The van der Waals surface area contributed by atoms with Crippen LogP contribution in [0.3, 0.4) is 0 Å². The molecule has 0 atom stereocenters. The zero-order valence-electron chi connectivity index (χ0n) is 7.51. The summed E-state index contributed by atoms with van der Waals surface area (Å²) in [4.78, 5) is 2.46. The number of nitrogens with zero attached hydrogens (tertiary/aromatic N) is 1. The molecule has 1 rings (SSSR count). The Morgan fingerprint density at radius 1 is 1.64 bits per heavy atom. The highest BCUT2D eigenvalue weighted by atomic mass is 15.1. The van der Waals surface area contributed by atoms with Crippen molar-refractivity contribution in [2.75, 3.05) is 19.6 Å². The highest BCUT2D eigenvalue weighted by Crippen LogP contribution is 2.10. The second-order valence-corrected chi connectivity index (χ2v) is 3.42. The summed E-state index contributed by atoms with van der Waals surface area (Å²) in [6.07, 6.45) is 3.45. The fourth-order valence-electron chi connectivity index (χ4n) is 1.43. The quantitative estimate of drug-likeness (QED) is 0.601. The fourth-order valence-corrected chi connectivity index (χ4v) is 1.43. The summed E-state index contributed by atoms with van der Waals surface area (Å²) in [5, 5.41) is 0. The van der Waals surface area contributed by atoms with Crippen molar-refractivity contribution in [1.29, 1.82) is 0 Å². The molecule has 0 fully saturated rings. The lowest BCUT2D eigenvalue weighted by molar-refractivity contribution is 0.235. The maximum atomic E-state index is 5.57. The molecule has 0 aliphatic carbocycles. The Morgan fingerprint density at radius 2 is 2.36 bits per heavy atom. The fraction of sp³-hybridized carbons (Fsp3) is 0.778. The van der Waals surface area contributed by atoms with Gasteiger partial charge in [0.05, 0.1) is 0 Å². The minimum atomic E-state index is 0.658. The van der Waals surface area contributed by atoms with Crippen LogP contribution in [-0.4, -0.2) is 30.6 Å². The molecule has 0 aromatic heterocycles. The summed E-state index contributed by atoms with van der Waals surface area (Å²) >= 11 is 0. The molecule has 0 spiro atoms. The van der Waals surface area contributed by atoms with E-state index in [4.69, 9.17) is 5.73 Å². The van der Waals surface area contributed by atoms with E-state index in [1.165, 1.54) is 18.5 Å². The maximum Gasteiger partial charge on any atom is 0.0208 e.